The Morgan fingerprint density at radius 1 is 1.00 bits per heavy atom. The second kappa shape index (κ2) is 5.07. The predicted molar refractivity (Wildman–Crippen MR) is 87.8 cm³/mol. The Hall–Kier alpha value is -3.01. The fraction of sp³-hybridized carbons (Fsp3) is 0.0556. The molecule has 0 radical (unpaired) electrons. The van der Waals surface area contributed by atoms with Gasteiger partial charge >= 0.3 is 0 Å². The molecule has 0 fully saturated rings. The van der Waals surface area contributed by atoms with E-state index < -0.39 is 0 Å². The predicted octanol–water partition coefficient (Wildman–Crippen LogP) is 4.73. The van der Waals surface area contributed by atoms with Crippen molar-refractivity contribution in [2.45, 2.75) is 0 Å². The number of nitrogens with zero attached hydrogens (tertiary/aromatic N) is 1. The quantitative estimate of drug-likeness (QED) is 0.592. The van der Waals surface area contributed by atoms with Crippen LogP contribution in [0.3, 0.4) is 0 Å². The standard InChI is InChI=1S/C18H14N2O2/c1-21-13-6-4-5-12(11-13)19-18-15-9-10-22-17(15)14-7-2-3-8-16(14)20-18/h2-11H,1H3,(H,19,20). The Labute approximate surface area is 127 Å². The molecule has 0 unspecified atom stereocenters. The first-order valence-corrected chi connectivity index (χ1v) is 7.02. The molecule has 0 aliphatic heterocycles. The molecule has 2 heterocycles. The highest BCUT2D eigenvalue weighted by Gasteiger charge is 2.11. The van der Waals surface area contributed by atoms with Gasteiger partial charge in [0.2, 0.25) is 0 Å². The SMILES string of the molecule is COc1cccc(Nc2nc3ccccc3c3occc23)c1. The van der Waals surface area contributed by atoms with Crippen molar-refractivity contribution in [1.82, 2.24) is 4.98 Å². The minimum atomic E-state index is 0.774. The molecule has 4 heteroatoms. The fourth-order valence-electron chi connectivity index (χ4n) is 2.58. The van der Waals surface area contributed by atoms with Crippen LogP contribution in [0.25, 0.3) is 21.9 Å². The van der Waals surface area contributed by atoms with Gasteiger partial charge in [0, 0.05) is 17.1 Å². The number of fused-ring (bicyclic) bond motifs is 3. The van der Waals surface area contributed by atoms with Crippen LogP contribution in [-0.2, 0) is 0 Å². The highest BCUT2D eigenvalue weighted by molar-refractivity contribution is 6.07. The van der Waals surface area contributed by atoms with Crippen molar-refractivity contribution in [3.05, 3.63) is 60.9 Å². The van der Waals surface area contributed by atoms with Gasteiger partial charge in [-0.25, -0.2) is 4.98 Å². The molecule has 2 aromatic heterocycles. The van der Waals surface area contributed by atoms with Crippen LogP contribution in [-0.4, -0.2) is 12.1 Å². The largest absolute Gasteiger partial charge is 0.497 e. The summed E-state index contributed by atoms with van der Waals surface area (Å²) in [5.74, 6) is 1.57. The first-order chi connectivity index (χ1) is 10.8. The summed E-state index contributed by atoms with van der Waals surface area (Å²) in [6.45, 7) is 0. The smallest absolute Gasteiger partial charge is 0.146 e. The van der Waals surface area contributed by atoms with Gasteiger partial charge in [0.05, 0.1) is 24.3 Å². The second-order valence-corrected chi connectivity index (χ2v) is 5.00. The van der Waals surface area contributed by atoms with E-state index in [0.717, 1.165) is 39.1 Å². The summed E-state index contributed by atoms with van der Waals surface area (Å²) in [5.41, 5.74) is 2.66. The Bertz CT molecular complexity index is 960. The van der Waals surface area contributed by atoms with Crippen LogP contribution in [0.15, 0.2) is 65.3 Å². The molecule has 2 aromatic carbocycles. The molecule has 0 amide bonds. The molecule has 4 aromatic rings. The molecule has 4 nitrogen and oxygen atoms in total. The first-order valence-electron chi connectivity index (χ1n) is 7.02. The van der Waals surface area contributed by atoms with Crippen molar-refractivity contribution in [3.8, 4) is 5.75 Å². The van der Waals surface area contributed by atoms with Crippen molar-refractivity contribution in [3.63, 3.8) is 0 Å². The number of benzene rings is 2. The molecule has 0 bridgehead atoms. The van der Waals surface area contributed by atoms with E-state index in [1.54, 1.807) is 13.4 Å². The van der Waals surface area contributed by atoms with E-state index in [2.05, 4.69) is 5.32 Å². The second-order valence-electron chi connectivity index (χ2n) is 5.00. The molecule has 108 valence electrons. The maximum Gasteiger partial charge on any atom is 0.146 e. The van der Waals surface area contributed by atoms with Crippen LogP contribution >= 0.6 is 0 Å². The van der Waals surface area contributed by atoms with Crippen molar-refractivity contribution in [1.29, 1.82) is 0 Å². The van der Waals surface area contributed by atoms with E-state index in [1.165, 1.54) is 0 Å². The number of furan rings is 1. The minimum absolute atomic E-state index is 0.774. The van der Waals surface area contributed by atoms with E-state index in [1.807, 2.05) is 54.6 Å². The number of hydrogen-bond acceptors (Lipinski definition) is 4. The van der Waals surface area contributed by atoms with Gasteiger partial charge in [-0.15, -0.1) is 0 Å². The third-order valence-corrected chi connectivity index (χ3v) is 3.63. The molecule has 22 heavy (non-hydrogen) atoms. The molecule has 0 atom stereocenters. The van der Waals surface area contributed by atoms with E-state index >= 15 is 0 Å². The molecule has 0 aliphatic carbocycles. The number of ether oxygens (including phenoxy) is 1. The number of nitrogens with one attached hydrogen (secondary N) is 1. The maximum atomic E-state index is 5.65. The number of aromatic nitrogens is 1. The van der Waals surface area contributed by atoms with Gasteiger partial charge in [0.15, 0.2) is 0 Å². The maximum absolute atomic E-state index is 5.65. The van der Waals surface area contributed by atoms with Crippen molar-refractivity contribution >= 4 is 33.4 Å². The number of hydrogen-bond donors (Lipinski definition) is 1. The molecule has 1 N–H and O–H groups in total. The van der Waals surface area contributed by atoms with Crippen LogP contribution < -0.4 is 10.1 Å². The zero-order chi connectivity index (χ0) is 14.9. The Kier molecular flexibility index (Phi) is 2.93. The molecule has 4 rings (SSSR count). The van der Waals surface area contributed by atoms with Gasteiger partial charge in [-0.2, -0.15) is 0 Å². The monoisotopic (exact) mass is 290 g/mol. The lowest BCUT2D eigenvalue weighted by atomic mass is 10.1. The highest BCUT2D eigenvalue weighted by atomic mass is 16.5. The zero-order valence-electron chi connectivity index (χ0n) is 12.0. The topological polar surface area (TPSA) is 47.3 Å². The average molecular weight is 290 g/mol. The number of pyridine rings is 1. The normalized spacial score (nSPS) is 11.0. The third-order valence-electron chi connectivity index (χ3n) is 3.63. The van der Waals surface area contributed by atoms with Crippen molar-refractivity contribution in [2.24, 2.45) is 0 Å². The molecule has 0 saturated carbocycles. The number of methoxy groups -OCH3 is 1. The van der Waals surface area contributed by atoms with Crippen LogP contribution in [0.5, 0.6) is 5.75 Å². The molecular weight excluding hydrogens is 276 g/mol. The van der Waals surface area contributed by atoms with Gasteiger partial charge in [0.25, 0.3) is 0 Å². The van der Waals surface area contributed by atoms with Gasteiger partial charge in [-0.1, -0.05) is 18.2 Å². The van der Waals surface area contributed by atoms with E-state index in [-0.39, 0.29) is 0 Å². The molecule has 0 aliphatic rings. The van der Waals surface area contributed by atoms with Crippen LogP contribution in [0.2, 0.25) is 0 Å². The van der Waals surface area contributed by atoms with Crippen LogP contribution in [0, 0.1) is 0 Å². The van der Waals surface area contributed by atoms with E-state index in [4.69, 9.17) is 14.1 Å². The molecular formula is C18H14N2O2. The summed E-state index contributed by atoms with van der Waals surface area (Å²) in [5, 5.41) is 5.32. The summed E-state index contributed by atoms with van der Waals surface area (Å²) in [6.07, 6.45) is 1.69. The van der Waals surface area contributed by atoms with Crippen LogP contribution in [0.1, 0.15) is 0 Å². The highest BCUT2D eigenvalue weighted by Crippen LogP contribution is 2.32. The molecule has 0 saturated heterocycles. The fourth-order valence-corrected chi connectivity index (χ4v) is 2.58. The summed E-state index contributed by atoms with van der Waals surface area (Å²) in [4.78, 5) is 4.71. The van der Waals surface area contributed by atoms with Crippen molar-refractivity contribution < 1.29 is 9.15 Å². The Morgan fingerprint density at radius 2 is 1.91 bits per heavy atom. The summed E-state index contributed by atoms with van der Waals surface area (Å²) >= 11 is 0. The summed E-state index contributed by atoms with van der Waals surface area (Å²) in [6, 6.07) is 17.6. The number of rotatable bonds is 3. The van der Waals surface area contributed by atoms with Gasteiger partial charge in [0.1, 0.15) is 17.2 Å². The van der Waals surface area contributed by atoms with Crippen molar-refractivity contribution in [2.75, 3.05) is 12.4 Å². The summed E-state index contributed by atoms with van der Waals surface area (Å²) < 4.78 is 10.9. The van der Waals surface area contributed by atoms with Gasteiger partial charge < -0.3 is 14.5 Å². The number of para-hydroxylation sites is 1. The lowest BCUT2D eigenvalue weighted by Gasteiger charge is -2.09. The lowest BCUT2D eigenvalue weighted by molar-refractivity contribution is 0.415. The van der Waals surface area contributed by atoms with Gasteiger partial charge in [-0.05, 0) is 30.3 Å². The van der Waals surface area contributed by atoms with Gasteiger partial charge in [-0.3, -0.25) is 0 Å². The van der Waals surface area contributed by atoms with E-state index in [0.29, 0.717) is 0 Å². The lowest BCUT2D eigenvalue weighted by Crippen LogP contribution is -1.95. The zero-order valence-corrected chi connectivity index (χ0v) is 12.0. The summed E-state index contributed by atoms with van der Waals surface area (Å²) in [7, 11) is 1.65. The average Bonchev–Trinajstić information content (AvgIpc) is 3.05. The van der Waals surface area contributed by atoms with E-state index in [9.17, 15) is 0 Å². The minimum Gasteiger partial charge on any atom is -0.497 e. The third kappa shape index (κ3) is 2.05. The molecule has 0 spiro atoms. The Balaban J connectivity index is 1.87. The Morgan fingerprint density at radius 3 is 2.82 bits per heavy atom. The number of anilines is 2. The van der Waals surface area contributed by atoms with Crippen LogP contribution in [0.4, 0.5) is 11.5 Å². The first kappa shape index (κ1) is 12.7.